The summed E-state index contributed by atoms with van der Waals surface area (Å²) in [4.78, 5) is 25.0. The molecule has 0 aromatic heterocycles. The van der Waals surface area contributed by atoms with Gasteiger partial charge in [-0.2, -0.15) is 0 Å². The van der Waals surface area contributed by atoms with E-state index >= 15 is 0 Å². The number of carbonyl (C=O) groups is 2. The van der Waals surface area contributed by atoms with Crippen LogP contribution in [0.4, 0.5) is 0 Å². The first kappa shape index (κ1) is 15.7. The number of carboxylic acids is 1. The van der Waals surface area contributed by atoms with Gasteiger partial charge < -0.3 is 9.90 Å². The molecular weight excluding hydrogens is 330 g/mol. The van der Waals surface area contributed by atoms with E-state index in [-0.39, 0.29) is 4.32 Å². The number of hydrogen-bond donors (Lipinski definition) is 0. The molecule has 1 atom stereocenters. The molecule has 0 radical (unpaired) electrons. The lowest BCUT2D eigenvalue weighted by molar-refractivity contribution is -0.309. The van der Waals surface area contributed by atoms with Crippen LogP contribution in [0.2, 0.25) is 0 Å². The predicted molar refractivity (Wildman–Crippen MR) is 93.4 cm³/mol. The molecule has 116 valence electrons. The zero-order valence-corrected chi connectivity index (χ0v) is 13.8. The third-order valence-electron chi connectivity index (χ3n) is 3.66. The van der Waals surface area contributed by atoms with E-state index < -0.39 is 17.9 Å². The van der Waals surface area contributed by atoms with Crippen molar-refractivity contribution in [1.82, 2.24) is 4.90 Å². The highest BCUT2D eigenvalue weighted by Gasteiger charge is 2.35. The number of thiocarbonyl (C=S) groups is 1. The summed E-state index contributed by atoms with van der Waals surface area (Å²) in [7, 11) is 0. The molecule has 0 aliphatic carbocycles. The van der Waals surface area contributed by atoms with Crippen molar-refractivity contribution in [2.45, 2.75) is 13.0 Å². The Labute approximate surface area is 142 Å². The Morgan fingerprint density at radius 2 is 1.96 bits per heavy atom. The molecule has 3 rings (SSSR count). The molecule has 1 heterocycles. The van der Waals surface area contributed by atoms with Gasteiger partial charge in [0, 0.05) is 0 Å². The highest BCUT2D eigenvalue weighted by molar-refractivity contribution is 8.26. The van der Waals surface area contributed by atoms with Crippen LogP contribution in [0.5, 0.6) is 0 Å². The monoisotopic (exact) mass is 342 g/mol. The van der Waals surface area contributed by atoms with Crippen LogP contribution in [0, 0.1) is 0 Å². The Balaban J connectivity index is 2.02. The highest BCUT2D eigenvalue weighted by atomic mass is 32.2. The Hall–Kier alpha value is -2.18. The Morgan fingerprint density at radius 3 is 2.70 bits per heavy atom. The van der Waals surface area contributed by atoms with E-state index in [0.717, 1.165) is 33.0 Å². The maximum atomic E-state index is 12.5. The maximum Gasteiger partial charge on any atom is 0.266 e. The molecule has 1 amide bonds. The molecule has 2 aromatic carbocycles. The molecule has 0 saturated carbocycles. The van der Waals surface area contributed by atoms with Crippen molar-refractivity contribution in [2.75, 3.05) is 0 Å². The standard InChI is InChI=1S/C17H13NO3S2/c1-10(16(20)21)18-15(19)14(23-17(18)22)9-12-7-4-6-11-5-2-3-8-13(11)12/h2-10H,1H3,(H,20,21)/p-1/b14-9-/t10-/m1/s1. The summed E-state index contributed by atoms with van der Waals surface area (Å²) in [6.07, 6.45) is 1.75. The lowest BCUT2D eigenvalue weighted by Crippen LogP contribution is -2.48. The number of fused-ring (bicyclic) bond motifs is 1. The van der Waals surface area contributed by atoms with Gasteiger partial charge in [-0.25, -0.2) is 0 Å². The second-order valence-corrected chi connectivity index (χ2v) is 6.79. The number of hydrogen-bond acceptors (Lipinski definition) is 5. The number of nitrogens with zero attached hydrogens (tertiary/aromatic N) is 1. The van der Waals surface area contributed by atoms with Crippen molar-refractivity contribution in [3.8, 4) is 0 Å². The molecule has 0 spiro atoms. The number of carbonyl (C=O) groups excluding carboxylic acids is 2. The third kappa shape index (κ3) is 2.87. The van der Waals surface area contributed by atoms with E-state index in [4.69, 9.17) is 12.2 Å². The minimum absolute atomic E-state index is 0.234. The number of aliphatic carboxylic acids is 1. The summed E-state index contributed by atoms with van der Waals surface area (Å²) in [5, 5.41) is 13.1. The second kappa shape index (κ2) is 6.14. The van der Waals surface area contributed by atoms with Gasteiger partial charge in [-0.1, -0.05) is 66.4 Å². The van der Waals surface area contributed by atoms with Crippen LogP contribution in [0.3, 0.4) is 0 Å². The number of rotatable bonds is 3. The molecule has 1 saturated heterocycles. The van der Waals surface area contributed by atoms with Gasteiger partial charge in [0.1, 0.15) is 4.32 Å². The Morgan fingerprint density at radius 1 is 1.26 bits per heavy atom. The Bertz CT molecular complexity index is 855. The molecule has 23 heavy (non-hydrogen) atoms. The summed E-state index contributed by atoms with van der Waals surface area (Å²) >= 11 is 6.25. The van der Waals surface area contributed by atoms with Crippen LogP contribution >= 0.6 is 24.0 Å². The van der Waals surface area contributed by atoms with E-state index in [0.29, 0.717) is 4.91 Å². The molecule has 0 unspecified atom stereocenters. The zero-order valence-electron chi connectivity index (χ0n) is 12.2. The molecule has 0 N–H and O–H groups in total. The zero-order chi connectivity index (χ0) is 16.6. The number of amides is 1. The maximum absolute atomic E-state index is 12.5. The van der Waals surface area contributed by atoms with Crippen LogP contribution in [-0.4, -0.2) is 27.1 Å². The van der Waals surface area contributed by atoms with E-state index in [1.807, 2.05) is 42.5 Å². The molecule has 1 fully saturated rings. The first-order valence-electron chi connectivity index (χ1n) is 6.94. The smallest absolute Gasteiger partial charge is 0.266 e. The average Bonchev–Trinajstić information content (AvgIpc) is 2.81. The van der Waals surface area contributed by atoms with Crippen LogP contribution in [-0.2, 0) is 9.59 Å². The second-order valence-electron chi connectivity index (χ2n) is 5.12. The third-order valence-corrected chi connectivity index (χ3v) is 4.99. The highest BCUT2D eigenvalue weighted by Crippen LogP contribution is 2.34. The first-order chi connectivity index (χ1) is 11.0. The van der Waals surface area contributed by atoms with Crippen molar-refractivity contribution in [3.63, 3.8) is 0 Å². The Kier molecular flexibility index (Phi) is 4.19. The van der Waals surface area contributed by atoms with Crippen LogP contribution in [0.25, 0.3) is 16.8 Å². The van der Waals surface area contributed by atoms with Gasteiger partial charge in [-0.15, -0.1) is 0 Å². The van der Waals surface area contributed by atoms with Crippen molar-refractivity contribution < 1.29 is 14.7 Å². The van der Waals surface area contributed by atoms with E-state index in [1.54, 1.807) is 6.08 Å². The summed E-state index contributed by atoms with van der Waals surface area (Å²) in [6.45, 7) is 1.39. The fraction of sp³-hybridized carbons (Fsp3) is 0.118. The van der Waals surface area contributed by atoms with Gasteiger partial charge in [-0.05, 0) is 29.3 Å². The largest absolute Gasteiger partial charge is 0.548 e. The molecule has 0 bridgehead atoms. The van der Waals surface area contributed by atoms with E-state index in [9.17, 15) is 14.7 Å². The average molecular weight is 342 g/mol. The fourth-order valence-corrected chi connectivity index (χ4v) is 3.85. The molecule has 6 heteroatoms. The van der Waals surface area contributed by atoms with E-state index in [1.165, 1.54) is 6.92 Å². The van der Waals surface area contributed by atoms with Crippen LogP contribution in [0.1, 0.15) is 12.5 Å². The van der Waals surface area contributed by atoms with Crippen LogP contribution < -0.4 is 5.11 Å². The molecule has 1 aliphatic heterocycles. The van der Waals surface area contributed by atoms with Crippen molar-refractivity contribution >= 4 is 57.0 Å². The summed E-state index contributed by atoms with van der Waals surface area (Å²) < 4.78 is 0.234. The van der Waals surface area contributed by atoms with Crippen LogP contribution in [0.15, 0.2) is 47.4 Å². The van der Waals surface area contributed by atoms with Crippen molar-refractivity contribution in [3.05, 3.63) is 52.9 Å². The summed E-state index contributed by atoms with van der Waals surface area (Å²) in [5.41, 5.74) is 0.893. The minimum atomic E-state index is -1.33. The van der Waals surface area contributed by atoms with Gasteiger partial charge in [0.15, 0.2) is 0 Å². The van der Waals surface area contributed by atoms with E-state index in [2.05, 4.69) is 0 Å². The van der Waals surface area contributed by atoms with Gasteiger partial charge in [-0.3, -0.25) is 9.69 Å². The molecule has 2 aromatic rings. The minimum Gasteiger partial charge on any atom is -0.548 e. The first-order valence-corrected chi connectivity index (χ1v) is 8.17. The van der Waals surface area contributed by atoms with Gasteiger partial charge in [0.05, 0.1) is 16.9 Å². The van der Waals surface area contributed by atoms with Gasteiger partial charge >= 0.3 is 0 Å². The topological polar surface area (TPSA) is 60.4 Å². The van der Waals surface area contributed by atoms with Crippen molar-refractivity contribution in [1.29, 1.82) is 0 Å². The normalized spacial score (nSPS) is 18.0. The SMILES string of the molecule is C[C@H](C(=O)[O-])N1C(=O)/C(=C/c2cccc3ccccc23)SC1=S. The fourth-order valence-electron chi connectivity index (χ4n) is 2.44. The predicted octanol–water partition coefficient (Wildman–Crippen LogP) is 2.18. The van der Waals surface area contributed by atoms with Gasteiger partial charge in [0.2, 0.25) is 0 Å². The number of thioether (sulfide) groups is 1. The lowest BCUT2D eigenvalue weighted by atomic mass is 10.0. The lowest BCUT2D eigenvalue weighted by Gasteiger charge is -2.23. The quantitative estimate of drug-likeness (QED) is 0.632. The number of carboxylic acid groups (broad SMARTS) is 1. The summed E-state index contributed by atoms with van der Waals surface area (Å²) in [5.74, 6) is -1.72. The van der Waals surface area contributed by atoms with Crippen molar-refractivity contribution in [2.24, 2.45) is 0 Å². The molecular formula is C17H12NO3S2-. The summed E-state index contributed by atoms with van der Waals surface area (Å²) in [6, 6.07) is 12.6. The molecule has 4 nitrogen and oxygen atoms in total. The van der Waals surface area contributed by atoms with Gasteiger partial charge in [0.25, 0.3) is 5.91 Å². The number of benzene rings is 2. The molecule has 1 aliphatic rings.